The zero-order valence-corrected chi connectivity index (χ0v) is 15.4. The van der Waals surface area contributed by atoms with Crippen molar-refractivity contribution in [3.05, 3.63) is 12.2 Å². The van der Waals surface area contributed by atoms with Crippen molar-refractivity contribution in [2.75, 3.05) is 33.0 Å². The van der Waals surface area contributed by atoms with E-state index in [0.29, 0.717) is 32.6 Å². The highest BCUT2D eigenvalue weighted by atomic mass is 17.2. The molecule has 26 heavy (non-hydrogen) atoms. The third kappa shape index (κ3) is 16.7. The van der Waals surface area contributed by atoms with Gasteiger partial charge in [-0.05, 0) is 38.5 Å². The number of aliphatic imine (C=N–C) groups is 1. The highest BCUT2D eigenvalue weighted by Gasteiger charge is 2.10. The van der Waals surface area contributed by atoms with Gasteiger partial charge in [-0.25, -0.2) is 19.6 Å². The van der Waals surface area contributed by atoms with E-state index in [1.165, 1.54) is 0 Å². The molecule has 0 N–H and O–H groups in total. The summed E-state index contributed by atoms with van der Waals surface area (Å²) < 4.78 is 9.66. The maximum Gasteiger partial charge on any atom is 0.305 e. The minimum absolute atomic E-state index is 0.143. The quantitative estimate of drug-likeness (QED) is 0.0568. The number of carbonyl (C=O) groups is 1. The number of nitriles is 1. The molecule has 146 valence electrons. The van der Waals surface area contributed by atoms with Gasteiger partial charge < -0.3 is 9.47 Å². The molecule has 0 aliphatic rings. The van der Waals surface area contributed by atoms with Crippen molar-refractivity contribution in [2.24, 2.45) is 10.9 Å². The summed E-state index contributed by atoms with van der Waals surface area (Å²) in [6.07, 6.45) is 7.38. The van der Waals surface area contributed by atoms with E-state index in [2.05, 4.69) is 16.3 Å². The fourth-order valence-corrected chi connectivity index (χ4v) is 2.15. The molecule has 0 saturated carbocycles. The summed E-state index contributed by atoms with van der Waals surface area (Å²) >= 11 is 0. The number of unbranched alkanes of at least 4 members (excludes halogenated alkanes) is 1. The van der Waals surface area contributed by atoms with Crippen LogP contribution in [0.4, 0.5) is 0 Å². The van der Waals surface area contributed by atoms with Gasteiger partial charge in [0.05, 0.1) is 6.54 Å². The monoisotopic (exact) mass is 368 g/mol. The molecular formula is C18H28N2O6. The predicted molar refractivity (Wildman–Crippen MR) is 93.4 cm³/mol. The number of hydrogen-bond acceptors (Lipinski definition) is 8. The molecule has 0 aromatic heterocycles. The van der Waals surface area contributed by atoms with Crippen LogP contribution in [-0.4, -0.2) is 45.0 Å². The summed E-state index contributed by atoms with van der Waals surface area (Å²) in [5, 5.41) is 8.32. The Balaban J connectivity index is 3.73. The van der Waals surface area contributed by atoms with E-state index in [-0.39, 0.29) is 25.1 Å². The Morgan fingerprint density at radius 2 is 1.92 bits per heavy atom. The van der Waals surface area contributed by atoms with E-state index >= 15 is 0 Å². The first-order valence-corrected chi connectivity index (χ1v) is 8.69. The Morgan fingerprint density at radius 1 is 1.15 bits per heavy atom. The molecule has 0 aromatic rings. The number of esters is 1. The minimum Gasteiger partial charge on any atom is -0.463 e. The van der Waals surface area contributed by atoms with Crippen molar-refractivity contribution in [2.45, 2.75) is 45.4 Å². The van der Waals surface area contributed by atoms with Gasteiger partial charge in [-0.3, -0.25) is 4.79 Å². The fourth-order valence-electron chi connectivity index (χ4n) is 2.15. The normalized spacial score (nSPS) is 11.1. The number of carbonyl (C=O) groups excluding carboxylic acids is 2. The summed E-state index contributed by atoms with van der Waals surface area (Å²) in [7, 11) is 0. The lowest BCUT2D eigenvalue weighted by Gasteiger charge is -2.13. The highest BCUT2D eigenvalue weighted by Crippen LogP contribution is 2.16. The van der Waals surface area contributed by atoms with Crippen molar-refractivity contribution < 1.29 is 28.8 Å². The number of isocyanates is 1. The molecule has 0 spiro atoms. The van der Waals surface area contributed by atoms with Crippen LogP contribution in [0, 0.1) is 17.4 Å². The highest BCUT2D eigenvalue weighted by molar-refractivity contribution is 5.69. The standard InChI is InChI=1S/C18H28N2O6/c1-16(2)13-26-25-11-10-24-18(22)8-4-3-6-17(12-20-15-21)7-5-9-23-14-19/h17H,1,3-13H2,2H3. The Kier molecular flexibility index (Phi) is 16.1. The average molecular weight is 368 g/mol. The van der Waals surface area contributed by atoms with Crippen LogP contribution in [0.1, 0.15) is 45.4 Å². The molecule has 8 nitrogen and oxygen atoms in total. The van der Waals surface area contributed by atoms with Crippen LogP contribution in [0.15, 0.2) is 17.1 Å². The molecule has 1 atom stereocenters. The SMILES string of the molecule is C=C(C)COOCCOC(=O)CCCCC(CCCOC#N)CN=C=O. The van der Waals surface area contributed by atoms with E-state index in [1.54, 1.807) is 12.3 Å². The molecule has 0 aliphatic carbocycles. The molecule has 0 bridgehead atoms. The molecule has 8 heteroatoms. The van der Waals surface area contributed by atoms with Crippen LogP contribution in [0.5, 0.6) is 0 Å². The van der Waals surface area contributed by atoms with Crippen LogP contribution in [0.3, 0.4) is 0 Å². The Labute approximate surface area is 154 Å². The Bertz CT molecular complexity index is 483. The van der Waals surface area contributed by atoms with Gasteiger partial charge in [-0.15, -0.1) is 0 Å². The molecule has 0 aliphatic heterocycles. The topological polar surface area (TPSA) is 107 Å². The van der Waals surface area contributed by atoms with E-state index in [1.807, 2.05) is 6.92 Å². The van der Waals surface area contributed by atoms with Gasteiger partial charge in [0, 0.05) is 6.42 Å². The smallest absolute Gasteiger partial charge is 0.305 e. The predicted octanol–water partition coefficient (Wildman–Crippen LogP) is 2.84. The molecule has 0 heterocycles. The van der Waals surface area contributed by atoms with Gasteiger partial charge >= 0.3 is 5.97 Å². The second-order valence-electron chi connectivity index (χ2n) is 5.89. The van der Waals surface area contributed by atoms with E-state index in [4.69, 9.17) is 19.8 Å². The van der Waals surface area contributed by atoms with Crippen LogP contribution in [0.25, 0.3) is 0 Å². The zero-order valence-electron chi connectivity index (χ0n) is 15.4. The summed E-state index contributed by atoms with van der Waals surface area (Å²) in [6, 6.07) is 0. The largest absolute Gasteiger partial charge is 0.463 e. The maximum absolute atomic E-state index is 11.6. The van der Waals surface area contributed by atoms with E-state index < -0.39 is 0 Å². The average Bonchev–Trinajstić information content (AvgIpc) is 2.62. The third-order valence-electron chi connectivity index (χ3n) is 3.40. The van der Waals surface area contributed by atoms with E-state index in [0.717, 1.165) is 31.3 Å². The van der Waals surface area contributed by atoms with Crippen molar-refractivity contribution in [3.8, 4) is 6.26 Å². The lowest BCUT2D eigenvalue weighted by molar-refractivity contribution is -0.291. The third-order valence-corrected chi connectivity index (χ3v) is 3.40. The first-order valence-electron chi connectivity index (χ1n) is 8.69. The van der Waals surface area contributed by atoms with E-state index in [9.17, 15) is 9.59 Å². The molecular weight excluding hydrogens is 340 g/mol. The van der Waals surface area contributed by atoms with Crippen LogP contribution in [0.2, 0.25) is 0 Å². The number of ether oxygens (including phenoxy) is 2. The second-order valence-corrected chi connectivity index (χ2v) is 5.89. The van der Waals surface area contributed by atoms with Crippen LogP contribution in [-0.2, 0) is 28.8 Å². The Morgan fingerprint density at radius 3 is 2.62 bits per heavy atom. The van der Waals surface area contributed by atoms with Crippen molar-refractivity contribution in [1.29, 1.82) is 5.26 Å². The molecule has 0 saturated heterocycles. The van der Waals surface area contributed by atoms with Gasteiger partial charge in [-0.1, -0.05) is 18.6 Å². The first-order chi connectivity index (χ1) is 12.6. The maximum atomic E-state index is 11.6. The van der Waals surface area contributed by atoms with Crippen molar-refractivity contribution in [1.82, 2.24) is 0 Å². The Hall–Kier alpha value is -2.20. The first kappa shape index (κ1) is 23.8. The van der Waals surface area contributed by atoms with Crippen LogP contribution >= 0.6 is 0 Å². The van der Waals surface area contributed by atoms with Crippen molar-refractivity contribution >= 4 is 12.0 Å². The van der Waals surface area contributed by atoms with Crippen LogP contribution < -0.4 is 0 Å². The van der Waals surface area contributed by atoms with Gasteiger partial charge in [0.25, 0.3) is 6.26 Å². The van der Waals surface area contributed by atoms with Gasteiger partial charge in [-0.2, -0.15) is 5.26 Å². The summed E-state index contributed by atoms with van der Waals surface area (Å²) in [6.45, 7) is 6.88. The summed E-state index contributed by atoms with van der Waals surface area (Å²) in [5.74, 6) is -0.0630. The van der Waals surface area contributed by atoms with Gasteiger partial charge in [0.1, 0.15) is 26.4 Å². The number of nitrogens with zero attached hydrogens (tertiary/aromatic N) is 2. The number of rotatable bonds is 17. The summed E-state index contributed by atoms with van der Waals surface area (Å²) in [4.78, 5) is 35.1. The zero-order chi connectivity index (χ0) is 19.5. The lowest BCUT2D eigenvalue weighted by Crippen LogP contribution is -2.11. The van der Waals surface area contributed by atoms with Crippen molar-refractivity contribution in [3.63, 3.8) is 0 Å². The molecule has 0 radical (unpaired) electrons. The van der Waals surface area contributed by atoms with Gasteiger partial charge in [0.15, 0.2) is 0 Å². The molecule has 1 unspecified atom stereocenters. The molecule has 0 rings (SSSR count). The fraction of sp³-hybridized carbons (Fsp3) is 0.722. The molecule has 0 amide bonds. The molecule has 0 aromatic carbocycles. The summed E-state index contributed by atoms with van der Waals surface area (Å²) in [5.41, 5.74) is 0.844. The van der Waals surface area contributed by atoms with Gasteiger partial charge in [0.2, 0.25) is 6.08 Å². The second kappa shape index (κ2) is 17.6. The molecule has 0 fully saturated rings. The minimum atomic E-state index is -0.279. The lowest BCUT2D eigenvalue weighted by atomic mass is 9.96. The number of hydrogen-bond donors (Lipinski definition) is 0.